The molecule has 0 heterocycles. The van der Waals surface area contributed by atoms with Crippen molar-refractivity contribution in [3.63, 3.8) is 0 Å². The number of aliphatic hydroxyl groups excluding tert-OH is 1. The van der Waals surface area contributed by atoms with Crippen LogP contribution in [-0.4, -0.2) is 31.9 Å². The predicted molar refractivity (Wildman–Crippen MR) is 72.3 cm³/mol. The second kappa shape index (κ2) is 7.24. The Morgan fingerprint density at radius 3 is 2.33 bits per heavy atom. The molecular formula is C14H23NO3. The summed E-state index contributed by atoms with van der Waals surface area (Å²) in [6, 6.07) is 5.55. The van der Waals surface area contributed by atoms with Gasteiger partial charge in [-0.05, 0) is 30.7 Å². The minimum atomic E-state index is -0.547. The van der Waals surface area contributed by atoms with Crippen molar-refractivity contribution >= 4 is 0 Å². The number of benzene rings is 1. The van der Waals surface area contributed by atoms with E-state index in [0.29, 0.717) is 11.5 Å². The summed E-state index contributed by atoms with van der Waals surface area (Å²) in [6.07, 6.45) is 0.318. The van der Waals surface area contributed by atoms with Crippen LogP contribution in [0.5, 0.6) is 11.5 Å². The van der Waals surface area contributed by atoms with Crippen LogP contribution in [0.4, 0.5) is 0 Å². The van der Waals surface area contributed by atoms with Gasteiger partial charge in [-0.3, -0.25) is 0 Å². The minimum absolute atomic E-state index is 0.0492. The van der Waals surface area contributed by atoms with E-state index in [9.17, 15) is 5.11 Å². The monoisotopic (exact) mass is 253 g/mol. The van der Waals surface area contributed by atoms with Crippen LogP contribution in [0.25, 0.3) is 0 Å². The first kappa shape index (κ1) is 14.8. The molecule has 0 radical (unpaired) electrons. The Kier molecular flexibility index (Phi) is 5.95. The van der Waals surface area contributed by atoms with Crippen LogP contribution < -0.4 is 14.8 Å². The van der Waals surface area contributed by atoms with Gasteiger partial charge >= 0.3 is 0 Å². The molecule has 1 aromatic carbocycles. The van der Waals surface area contributed by atoms with E-state index in [1.54, 1.807) is 14.2 Å². The quantitative estimate of drug-likeness (QED) is 0.781. The normalized spacial score (nSPS) is 14.1. The Morgan fingerprint density at radius 1 is 1.17 bits per heavy atom. The Hall–Kier alpha value is -1.26. The molecule has 4 nitrogen and oxygen atoms in total. The molecule has 0 saturated carbocycles. The summed E-state index contributed by atoms with van der Waals surface area (Å²) in [5.74, 6) is 1.31. The van der Waals surface area contributed by atoms with Crippen LogP contribution >= 0.6 is 0 Å². The molecule has 0 bridgehead atoms. The molecule has 0 aromatic heterocycles. The van der Waals surface area contributed by atoms with Crippen molar-refractivity contribution in [3.8, 4) is 11.5 Å². The van der Waals surface area contributed by atoms with Gasteiger partial charge in [-0.1, -0.05) is 19.9 Å². The molecule has 0 spiro atoms. The van der Waals surface area contributed by atoms with Crippen molar-refractivity contribution in [3.05, 3.63) is 23.8 Å². The summed E-state index contributed by atoms with van der Waals surface area (Å²) in [4.78, 5) is 0. The lowest BCUT2D eigenvalue weighted by atomic mass is 10.00. The highest BCUT2D eigenvalue weighted by molar-refractivity contribution is 5.43. The largest absolute Gasteiger partial charge is 0.493 e. The molecule has 0 aliphatic heterocycles. The average Bonchev–Trinajstić information content (AvgIpc) is 2.43. The number of hydrogen-bond donors (Lipinski definition) is 2. The van der Waals surface area contributed by atoms with Gasteiger partial charge in [0.15, 0.2) is 11.5 Å². The van der Waals surface area contributed by atoms with Gasteiger partial charge in [-0.25, -0.2) is 0 Å². The van der Waals surface area contributed by atoms with Crippen LogP contribution in [0.3, 0.4) is 0 Å². The van der Waals surface area contributed by atoms with Crippen molar-refractivity contribution < 1.29 is 14.6 Å². The van der Waals surface area contributed by atoms with Gasteiger partial charge < -0.3 is 19.9 Å². The Balaban J connectivity index is 2.94. The molecule has 2 unspecified atom stereocenters. The van der Waals surface area contributed by atoms with E-state index in [0.717, 1.165) is 18.5 Å². The van der Waals surface area contributed by atoms with Crippen LogP contribution in [0, 0.1) is 0 Å². The molecule has 0 saturated heterocycles. The first-order valence-electron chi connectivity index (χ1n) is 6.31. The molecular weight excluding hydrogens is 230 g/mol. The van der Waals surface area contributed by atoms with Crippen molar-refractivity contribution in [2.24, 2.45) is 0 Å². The van der Waals surface area contributed by atoms with E-state index in [1.165, 1.54) is 0 Å². The smallest absolute Gasteiger partial charge is 0.161 e. The zero-order valence-corrected chi connectivity index (χ0v) is 11.6. The highest BCUT2D eigenvalue weighted by Crippen LogP contribution is 2.31. The Bertz CT molecular complexity index is 368. The third kappa shape index (κ3) is 3.37. The Labute approximate surface area is 109 Å². The van der Waals surface area contributed by atoms with E-state index in [2.05, 4.69) is 12.2 Å². The summed E-state index contributed by atoms with van der Waals surface area (Å²) < 4.78 is 10.4. The summed E-state index contributed by atoms with van der Waals surface area (Å²) in [5.41, 5.74) is 0.834. The number of likely N-dealkylation sites (N-methyl/N-ethyl adjacent to an activating group) is 1. The van der Waals surface area contributed by atoms with Crippen LogP contribution in [0.15, 0.2) is 18.2 Å². The van der Waals surface area contributed by atoms with Crippen molar-refractivity contribution in [2.45, 2.75) is 32.4 Å². The zero-order valence-electron chi connectivity index (χ0n) is 11.6. The molecule has 0 aliphatic carbocycles. The van der Waals surface area contributed by atoms with Crippen LogP contribution in [0.2, 0.25) is 0 Å². The standard InChI is InChI=1S/C14H23NO3/c1-5-11(15-6-2)14(16)10-7-8-12(17-3)13(9-10)18-4/h7-9,11,14-16H,5-6H2,1-4H3. The molecule has 0 aliphatic rings. The molecule has 1 aromatic rings. The van der Waals surface area contributed by atoms with Gasteiger partial charge in [0.05, 0.1) is 20.3 Å². The highest BCUT2D eigenvalue weighted by Gasteiger charge is 2.19. The summed E-state index contributed by atoms with van der Waals surface area (Å²) in [7, 11) is 3.19. The summed E-state index contributed by atoms with van der Waals surface area (Å²) >= 11 is 0. The molecule has 2 atom stereocenters. The molecule has 102 valence electrons. The third-order valence-corrected chi connectivity index (χ3v) is 3.04. The van der Waals surface area contributed by atoms with Gasteiger partial charge in [0, 0.05) is 6.04 Å². The molecule has 18 heavy (non-hydrogen) atoms. The average molecular weight is 253 g/mol. The lowest BCUT2D eigenvalue weighted by Crippen LogP contribution is -2.34. The maximum atomic E-state index is 10.3. The van der Waals surface area contributed by atoms with Crippen molar-refractivity contribution in [1.82, 2.24) is 5.32 Å². The van der Waals surface area contributed by atoms with E-state index < -0.39 is 6.10 Å². The van der Waals surface area contributed by atoms with Gasteiger partial charge in [0.2, 0.25) is 0 Å². The van der Waals surface area contributed by atoms with E-state index in [-0.39, 0.29) is 6.04 Å². The number of rotatable bonds is 7. The summed E-state index contributed by atoms with van der Waals surface area (Å²) in [5, 5.41) is 13.6. The van der Waals surface area contributed by atoms with Crippen molar-refractivity contribution in [2.75, 3.05) is 20.8 Å². The topological polar surface area (TPSA) is 50.7 Å². The molecule has 0 amide bonds. The third-order valence-electron chi connectivity index (χ3n) is 3.04. The number of methoxy groups -OCH3 is 2. The first-order valence-corrected chi connectivity index (χ1v) is 6.31. The SMILES string of the molecule is CCNC(CC)C(O)c1ccc(OC)c(OC)c1. The zero-order chi connectivity index (χ0) is 13.5. The number of nitrogens with one attached hydrogen (secondary N) is 1. The highest BCUT2D eigenvalue weighted by atomic mass is 16.5. The first-order chi connectivity index (χ1) is 8.67. The fraction of sp³-hybridized carbons (Fsp3) is 0.571. The molecule has 1 rings (SSSR count). The number of ether oxygens (including phenoxy) is 2. The molecule has 2 N–H and O–H groups in total. The van der Waals surface area contributed by atoms with Gasteiger partial charge in [-0.2, -0.15) is 0 Å². The van der Waals surface area contributed by atoms with Gasteiger partial charge in [0.25, 0.3) is 0 Å². The Morgan fingerprint density at radius 2 is 1.83 bits per heavy atom. The van der Waals surface area contributed by atoms with Crippen LogP contribution in [0.1, 0.15) is 31.9 Å². The van der Waals surface area contributed by atoms with Gasteiger partial charge in [0.1, 0.15) is 0 Å². The second-order valence-corrected chi connectivity index (χ2v) is 4.13. The minimum Gasteiger partial charge on any atom is -0.493 e. The molecule has 4 heteroatoms. The van der Waals surface area contributed by atoms with Crippen molar-refractivity contribution in [1.29, 1.82) is 0 Å². The fourth-order valence-electron chi connectivity index (χ4n) is 2.01. The predicted octanol–water partition coefficient (Wildman–Crippen LogP) is 2.13. The lowest BCUT2D eigenvalue weighted by Gasteiger charge is -2.23. The van der Waals surface area contributed by atoms with Gasteiger partial charge in [-0.15, -0.1) is 0 Å². The second-order valence-electron chi connectivity index (χ2n) is 4.13. The maximum Gasteiger partial charge on any atom is 0.161 e. The molecule has 0 fully saturated rings. The fourth-order valence-corrected chi connectivity index (χ4v) is 2.01. The van der Waals surface area contributed by atoms with E-state index >= 15 is 0 Å². The maximum absolute atomic E-state index is 10.3. The number of aliphatic hydroxyl groups is 1. The summed E-state index contributed by atoms with van der Waals surface area (Å²) in [6.45, 7) is 4.92. The van der Waals surface area contributed by atoms with Crippen LogP contribution in [-0.2, 0) is 0 Å². The van der Waals surface area contributed by atoms with E-state index in [1.807, 2.05) is 25.1 Å². The number of hydrogen-bond acceptors (Lipinski definition) is 4. The lowest BCUT2D eigenvalue weighted by molar-refractivity contribution is 0.126. The van der Waals surface area contributed by atoms with E-state index in [4.69, 9.17) is 9.47 Å².